The van der Waals surface area contributed by atoms with Crippen molar-refractivity contribution in [3.8, 4) is 6.07 Å². The number of nitriles is 1. The van der Waals surface area contributed by atoms with Crippen LogP contribution in [0.25, 0.3) is 0 Å². The molecule has 1 fully saturated rings. The monoisotopic (exact) mass is 229 g/mol. The molecule has 0 saturated heterocycles. The third-order valence-electron chi connectivity index (χ3n) is 3.58. The number of hydrogen-bond acceptors (Lipinski definition) is 3. The number of nitrogens with one attached hydrogen (secondary N) is 1. The van der Waals surface area contributed by atoms with E-state index < -0.39 is 0 Å². The van der Waals surface area contributed by atoms with Crippen molar-refractivity contribution in [3.05, 3.63) is 23.9 Å². The highest BCUT2D eigenvalue weighted by Gasteiger charge is 2.19. The van der Waals surface area contributed by atoms with Gasteiger partial charge in [-0.15, -0.1) is 0 Å². The number of anilines is 1. The molecule has 3 nitrogen and oxygen atoms in total. The van der Waals surface area contributed by atoms with Gasteiger partial charge in [-0.25, -0.2) is 4.98 Å². The first kappa shape index (κ1) is 11.9. The zero-order valence-electron chi connectivity index (χ0n) is 10.3. The molecule has 1 N–H and O–H groups in total. The van der Waals surface area contributed by atoms with Crippen LogP contribution in [0.1, 0.15) is 44.6 Å². The van der Waals surface area contributed by atoms with Gasteiger partial charge in [0.15, 0.2) is 0 Å². The molecule has 2 unspecified atom stereocenters. The second-order valence-electron chi connectivity index (χ2n) is 4.91. The number of nitrogens with zero attached hydrogens (tertiary/aromatic N) is 2. The molecule has 3 heteroatoms. The fourth-order valence-corrected chi connectivity index (χ4v) is 2.48. The van der Waals surface area contributed by atoms with Crippen LogP contribution in [0.4, 0.5) is 5.82 Å². The lowest BCUT2D eigenvalue weighted by Crippen LogP contribution is -2.26. The number of aromatic nitrogens is 1. The summed E-state index contributed by atoms with van der Waals surface area (Å²) in [7, 11) is 0. The molecule has 0 aliphatic heterocycles. The Kier molecular flexibility index (Phi) is 3.98. The van der Waals surface area contributed by atoms with E-state index in [1.807, 2.05) is 6.07 Å². The normalized spacial score (nSPS) is 24.7. The highest BCUT2D eigenvalue weighted by atomic mass is 15.0. The van der Waals surface area contributed by atoms with Crippen LogP contribution in [0.3, 0.4) is 0 Å². The van der Waals surface area contributed by atoms with Crippen LogP contribution in [-0.2, 0) is 0 Å². The van der Waals surface area contributed by atoms with Gasteiger partial charge < -0.3 is 5.32 Å². The van der Waals surface area contributed by atoms with Gasteiger partial charge in [0.1, 0.15) is 5.82 Å². The first-order chi connectivity index (χ1) is 8.29. The Morgan fingerprint density at radius 3 is 3.00 bits per heavy atom. The maximum absolute atomic E-state index is 8.86. The zero-order chi connectivity index (χ0) is 12.1. The molecule has 0 bridgehead atoms. The van der Waals surface area contributed by atoms with Gasteiger partial charge in [0, 0.05) is 12.2 Å². The lowest BCUT2D eigenvalue weighted by Gasteiger charge is -2.23. The Morgan fingerprint density at radius 1 is 1.35 bits per heavy atom. The Hall–Kier alpha value is -1.56. The van der Waals surface area contributed by atoms with E-state index in [2.05, 4.69) is 23.3 Å². The third kappa shape index (κ3) is 3.20. The molecule has 1 aromatic rings. The molecule has 0 radical (unpaired) electrons. The number of pyridine rings is 1. The molecule has 17 heavy (non-hydrogen) atoms. The summed E-state index contributed by atoms with van der Waals surface area (Å²) in [5, 5.41) is 12.3. The Bertz CT molecular complexity index is 408. The first-order valence-corrected chi connectivity index (χ1v) is 6.42. The van der Waals surface area contributed by atoms with E-state index in [0.29, 0.717) is 17.5 Å². The Balaban J connectivity index is 2.05. The quantitative estimate of drug-likeness (QED) is 0.791. The van der Waals surface area contributed by atoms with E-state index in [4.69, 9.17) is 5.26 Å². The summed E-state index contributed by atoms with van der Waals surface area (Å²) >= 11 is 0. The van der Waals surface area contributed by atoms with E-state index in [1.54, 1.807) is 12.3 Å². The molecule has 0 aromatic carbocycles. The van der Waals surface area contributed by atoms with Crippen molar-refractivity contribution in [2.24, 2.45) is 5.92 Å². The van der Waals surface area contributed by atoms with Crippen LogP contribution >= 0.6 is 0 Å². The summed E-state index contributed by atoms with van der Waals surface area (Å²) in [4.78, 5) is 4.28. The van der Waals surface area contributed by atoms with Crippen LogP contribution in [0.2, 0.25) is 0 Å². The van der Waals surface area contributed by atoms with Gasteiger partial charge in [0.2, 0.25) is 0 Å². The van der Waals surface area contributed by atoms with Crippen LogP contribution < -0.4 is 5.32 Å². The molecule has 1 heterocycles. The van der Waals surface area contributed by atoms with Crippen molar-refractivity contribution in [1.29, 1.82) is 5.26 Å². The molecule has 1 aliphatic carbocycles. The summed E-state index contributed by atoms with van der Waals surface area (Å²) < 4.78 is 0. The van der Waals surface area contributed by atoms with Crippen molar-refractivity contribution in [3.63, 3.8) is 0 Å². The summed E-state index contributed by atoms with van der Waals surface area (Å²) in [6.45, 7) is 2.30. The van der Waals surface area contributed by atoms with Crippen molar-refractivity contribution in [1.82, 2.24) is 4.98 Å². The smallest absolute Gasteiger partial charge is 0.127 e. The average Bonchev–Trinajstić information content (AvgIpc) is 2.55. The maximum atomic E-state index is 8.86. The van der Waals surface area contributed by atoms with Gasteiger partial charge >= 0.3 is 0 Å². The predicted octanol–water partition coefficient (Wildman–Crippen LogP) is 3.33. The summed E-state index contributed by atoms with van der Waals surface area (Å²) in [6.07, 6.45) is 8.16. The van der Waals surface area contributed by atoms with Crippen LogP contribution in [0.5, 0.6) is 0 Å². The molecule has 2 atom stereocenters. The lowest BCUT2D eigenvalue weighted by atomic mass is 9.97. The third-order valence-corrected chi connectivity index (χ3v) is 3.58. The molecule has 0 spiro atoms. The molecule has 1 saturated carbocycles. The van der Waals surface area contributed by atoms with Gasteiger partial charge in [-0.05, 0) is 30.9 Å². The van der Waals surface area contributed by atoms with E-state index in [9.17, 15) is 0 Å². The topological polar surface area (TPSA) is 48.7 Å². The van der Waals surface area contributed by atoms with E-state index in [-0.39, 0.29) is 0 Å². The molecule has 2 rings (SSSR count). The highest BCUT2D eigenvalue weighted by Crippen LogP contribution is 2.25. The van der Waals surface area contributed by atoms with Gasteiger partial charge in [-0.1, -0.05) is 26.2 Å². The Morgan fingerprint density at radius 2 is 2.18 bits per heavy atom. The van der Waals surface area contributed by atoms with E-state index >= 15 is 0 Å². The summed E-state index contributed by atoms with van der Waals surface area (Å²) in [6, 6.07) is 6.22. The average molecular weight is 229 g/mol. The van der Waals surface area contributed by atoms with Crippen LogP contribution in [0.15, 0.2) is 18.3 Å². The maximum Gasteiger partial charge on any atom is 0.127 e. The fourth-order valence-electron chi connectivity index (χ4n) is 2.48. The first-order valence-electron chi connectivity index (χ1n) is 6.42. The SMILES string of the molecule is CC1CCCCCC1Nc1cc(C#N)ccn1. The van der Waals surface area contributed by atoms with Crippen molar-refractivity contribution in [2.75, 3.05) is 5.32 Å². The predicted molar refractivity (Wildman–Crippen MR) is 68.6 cm³/mol. The minimum atomic E-state index is 0.499. The highest BCUT2D eigenvalue weighted by molar-refractivity contribution is 5.43. The summed E-state index contributed by atoms with van der Waals surface area (Å²) in [5.41, 5.74) is 0.670. The summed E-state index contributed by atoms with van der Waals surface area (Å²) in [5.74, 6) is 1.52. The van der Waals surface area contributed by atoms with Crippen molar-refractivity contribution < 1.29 is 0 Å². The van der Waals surface area contributed by atoms with Crippen LogP contribution in [-0.4, -0.2) is 11.0 Å². The van der Waals surface area contributed by atoms with Crippen LogP contribution in [0, 0.1) is 17.2 Å². The zero-order valence-corrected chi connectivity index (χ0v) is 10.3. The lowest BCUT2D eigenvalue weighted by molar-refractivity contribution is 0.455. The molecular formula is C14H19N3. The molecule has 1 aliphatic rings. The van der Waals surface area contributed by atoms with Gasteiger partial charge in [0.25, 0.3) is 0 Å². The minimum Gasteiger partial charge on any atom is -0.367 e. The second-order valence-corrected chi connectivity index (χ2v) is 4.91. The largest absolute Gasteiger partial charge is 0.367 e. The number of hydrogen-bond donors (Lipinski definition) is 1. The van der Waals surface area contributed by atoms with Gasteiger partial charge in [0.05, 0.1) is 11.6 Å². The molecular weight excluding hydrogens is 210 g/mol. The van der Waals surface area contributed by atoms with Gasteiger partial charge in [-0.2, -0.15) is 5.26 Å². The fraction of sp³-hybridized carbons (Fsp3) is 0.571. The van der Waals surface area contributed by atoms with E-state index in [0.717, 1.165) is 5.82 Å². The minimum absolute atomic E-state index is 0.499. The van der Waals surface area contributed by atoms with Gasteiger partial charge in [-0.3, -0.25) is 0 Å². The number of rotatable bonds is 2. The van der Waals surface area contributed by atoms with Crippen molar-refractivity contribution in [2.45, 2.75) is 45.1 Å². The molecule has 90 valence electrons. The van der Waals surface area contributed by atoms with E-state index in [1.165, 1.54) is 32.1 Å². The molecule has 0 amide bonds. The van der Waals surface area contributed by atoms with Crippen molar-refractivity contribution >= 4 is 5.82 Å². The Labute approximate surface area is 103 Å². The second kappa shape index (κ2) is 5.67. The standard InChI is InChI=1S/C14H19N3/c1-11-5-3-2-4-6-13(11)17-14-9-12(10-15)7-8-16-14/h7-9,11,13H,2-6H2,1H3,(H,16,17). The molecule has 1 aromatic heterocycles.